The summed E-state index contributed by atoms with van der Waals surface area (Å²) >= 11 is 0. The van der Waals surface area contributed by atoms with Crippen LogP contribution in [0.25, 0.3) is 0 Å². The van der Waals surface area contributed by atoms with E-state index in [0.717, 1.165) is 31.9 Å². The molecule has 1 atom stereocenters. The normalized spacial score (nSPS) is 15.5. The predicted octanol–water partition coefficient (Wildman–Crippen LogP) is 2.91. The van der Waals surface area contributed by atoms with Gasteiger partial charge in [0.05, 0.1) is 25.9 Å². The lowest BCUT2D eigenvalue weighted by Crippen LogP contribution is -2.39. The van der Waals surface area contributed by atoms with Gasteiger partial charge in [-0.25, -0.2) is 4.99 Å². The molecule has 1 unspecified atom stereocenters. The average Bonchev–Trinajstić information content (AvgIpc) is 2.81. The van der Waals surface area contributed by atoms with Gasteiger partial charge in [-0.2, -0.15) is 8.78 Å². The second-order valence-electron chi connectivity index (χ2n) is 7.31. The van der Waals surface area contributed by atoms with E-state index in [1.165, 1.54) is 17.8 Å². The molecule has 3 N–H and O–H groups in total. The number of halogens is 2. The Morgan fingerprint density at radius 3 is 2.41 bits per heavy atom. The highest BCUT2D eigenvalue weighted by Crippen LogP contribution is 2.19. The van der Waals surface area contributed by atoms with Crippen LogP contribution in [0.5, 0.6) is 5.75 Å². The van der Waals surface area contributed by atoms with Gasteiger partial charge in [-0.1, -0.05) is 24.3 Å². The van der Waals surface area contributed by atoms with Crippen molar-refractivity contribution in [2.24, 2.45) is 4.99 Å². The molecule has 1 aliphatic rings. The van der Waals surface area contributed by atoms with Crippen molar-refractivity contribution in [3.8, 4) is 5.75 Å². The molecule has 0 amide bonds. The first-order valence-electron chi connectivity index (χ1n) is 10.7. The molecule has 1 heterocycles. The van der Waals surface area contributed by atoms with E-state index in [1.807, 2.05) is 6.92 Å². The number of nitrogens with one attached hydrogen (secondary N) is 2. The number of aliphatic imine (C=N–C) groups is 1. The first-order valence-corrected chi connectivity index (χ1v) is 10.7. The number of alkyl halides is 2. The van der Waals surface area contributed by atoms with Crippen molar-refractivity contribution in [1.29, 1.82) is 0 Å². The highest BCUT2D eigenvalue weighted by atomic mass is 19.3. The standard InChI is InChI=1S/C23H30F2N4O3/c1-2-26-23(28-16-21(30)18-5-9-20(10-6-18)32-22(24)25)27-15-17-3-7-19(8-4-17)29-11-13-31-14-12-29/h3-10,21-22,30H,2,11-16H2,1H3,(H2,26,27,28). The van der Waals surface area contributed by atoms with E-state index >= 15 is 0 Å². The number of rotatable bonds is 9. The zero-order valence-corrected chi connectivity index (χ0v) is 18.1. The molecular formula is C23H30F2N4O3. The van der Waals surface area contributed by atoms with E-state index in [2.05, 4.69) is 49.5 Å². The Bertz CT molecular complexity index is 841. The Labute approximate surface area is 187 Å². The van der Waals surface area contributed by atoms with Crippen molar-refractivity contribution >= 4 is 11.6 Å². The summed E-state index contributed by atoms with van der Waals surface area (Å²) in [5.41, 5.74) is 2.85. The highest BCUT2D eigenvalue weighted by molar-refractivity contribution is 5.79. The van der Waals surface area contributed by atoms with E-state index in [1.54, 1.807) is 12.1 Å². The largest absolute Gasteiger partial charge is 0.435 e. The Morgan fingerprint density at radius 2 is 1.78 bits per heavy atom. The molecule has 2 aromatic carbocycles. The monoisotopic (exact) mass is 448 g/mol. The molecule has 1 saturated heterocycles. The summed E-state index contributed by atoms with van der Waals surface area (Å²) in [7, 11) is 0. The molecule has 2 aromatic rings. The van der Waals surface area contributed by atoms with Crippen LogP contribution in [0.15, 0.2) is 53.5 Å². The maximum Gasteiger partial charge on any atom is 0.387 e. The number of nitrogens with zero attached hydrogens (tertiary/aromatic N) is 2. The molecule has 0 bridgehead atoms. The minimum atomic E-state index is -2.87. The second-order valence-corrected chi connectivity index (χ2v) is 7.31. The Balaban J connectivity index is 1.52. The van der Waals surface area contributed by atoms with Crippen molar-refractivity contribution in [1.82, 2.24) is 10.6 Å². The number of aliphatic hydroxyl groups is 1. The molecule has 0 radical (unpaired) electrons. The Morgan fingerprint density at radius 1 is 1.09 bits per heavy atom. The van der Waals surface area contributed by atoms with Gasteiger partial charge in [0.25, 0.3) is 0 Å². The lowest BCUT2D eigenvalue weighted by atomic mass is 10.1. The van der Waals surface area contributed by atoms with E-state index in [4.69, 9.17) is 4.74 Å². The molecule has 0 aromatic heterocycles. The quantitative estimate of drug-likeness (QED) is 0.405. The summed E-state index contributed by atoms with van der Waals surface area (Å²) in [6, 6.07) is 14.3. The minimum Gasteiger partial charge on any atom is -0.435 e. The molecule has 1 fully saturated rings. The number of anilines is 1. The third-order valence-electron chi connectivity index (χ3n) is 5.03. The maximum absolute atomic E-state index is 12.3. The molecule has 0 spiro atoms. The molecule has 9 heteroatoms. The van der Waals surface area contributed by atoms with Crippen LogP contribution < -0.4 is 20.3 Å². The van der Waals surface area contributed by atoms with Gasteiger partial charge >= 0.3 is 6.61 Å². The van der Waals surface area contributed by atoms with Gasteiger partial charge in [-0.15, -0.1) is 0 Å². The summed E-state index contributed by atoms with van der Waals surface area (Å²) in [4.78, 5) is 6.89. The number of aliphatic hydroxyl groups excluding tert-OH is 1. The topological polar surface area (TPSA) is 78.4 Å². The number of guanidine groups is 1. The summed E-state index contributed by atoms with van der Waals surface area (Å²) < 4.78 is 34.2. The summed E-state index contributed by atoms with van der Waals surface area (Å²) in [6.07, 6.45) is -0.827. The number of hydrogen-bond acceptors (Lipinski definition) is 5. The first kappa shape index (κ1) is 23.7. The van der Waals surface area contributed by atoms with Crippen LogP contribution in [0.4, 0.5) is 14.5 Å². The maximum atomic E-state index is 12.3. The fraction of sp³-hybridized carbons (Fsp3) is 0.435. The van der Waals surface area contributed by atoms with Crippen molar-refractivity contribution in [2.45, 2.75) is 26.2 Å². The molecule has 3 rings (SSSR count). The van der Waals surface area contributed by atoms with Gasteiger partial charge in [0.15, 0.2) is 5.96 Å². The number of benzene rings is 2. The van der Waals surface area contributed by atoms with Crippen LogP contribution in [0.1, 0.15) is 24.2 Å². The van der Waals surface area contributed by atoms with Crippen LogP contribution in [0.3, 0.4) is 0 Å². The number of morpholine rings is 1. The van der Waals surface area contributed by atoms with Crippen LogP contribution in [-0.4, -0.2) is 57.1 Å². The SMILES string of the molecule is CCNC(=NCc1ccc(N2CCOCC2)cc1)NCC(O)c1ccc(OC(F)F)cc1. The third kappa shape index (κ3) is 7.35. The summed E-state index contributed by atoms with van der Waals surface area (Å²) in [5.74, 6) is 0.639. The summed E-state index contributed by atoms with van der Waals surface area (Å²) in [6.45, 7) is 3.79. The first-order chi connectivity index (χ1) is 15.5. The van der Waals surface area contributed by atoms with Gasteiger partial charge < -0.3 is 30.1 Å². The van der Waals surface area contributed by atoms with Crippen LogP contribution in [0, 0.1) is 0 Å². The zero-order chi connectivity index (χ0) is 22.8. The van der Waals surface area contributed by atoms with Crippen LogP contribution >= 0.6 is 0 Å². The minimum absolute atomic E-state index is 0.0541. The molecule has 0 saturated carbocycles. The third-order valence-corrected chi connectivity index (χ3v) is 5.03. The van der Waals surface area contributed by atoms with E-state index in [0.29, 0.717) is 24.6 Å². The van der Waals surface area contributed by atoms with E-state index in [-0.39, 0.29) is 12.3 Å². The fourth-order valence-electron chi connectivity index (χ4n) is 3.33. The van der Waals surface area contributed by atoms with Crippen molar-refractivity contribution in [3.05, 3.63) is 59.7 Å². The number of hydrogen-bond donors (Lipinski definition) is 3. The molecule has 1 aliphatic heterocycles. The molecule has 0 aliphatic carbocycles. The Hall–Kier alpha value is -2.91. The smallest absolute Gasteiger partial charge is 0.387 e. The predicted molar refractivity (Wildman–Crippen MR) is 120 cm³/mol. The van der Waals surface area contributed by atoms with Gasteiger partial charge in [-0.3, -0.25) is 0 Å². The van der Waals surface area contributed by atoms with Crippen LogP contribution in [-0.2, 0) is 11.3 Å². The zero-order valence-electron chi connectivity index (χ0n) is 18.1. The average molecular weight is 449 g/mol. The van der Waals surface area contributed by atoms with E-state index < -0.39 is 12.7 Å². The van der Waals surface area contributed by atoms with Crippen molar-refractivity contribution < 1.29 is 23.4 Å². The lowest BCUT2D eigenvalue weighted by Gasteiger charge is -2.28. The van der Waals surface area contributed by atoms with Gasteiger partial charge in [-0.05, 0) is 42.3 Å². The van der Waals surface area contributed by atoms with Gasteiger partial charge in [0, 0.05) is 31.9 Å². The van der Waals surface area contributed by atoms with E-state index in [9.17, 15) is 13.9 Å². The fourth-order valence-corrected chi connectivity index (χ4v) is 3.33. The van der Waals surface area contributed by atoms with Crippen molar-refractivity contribution in [3.63, 3.8) is 0 Å². The molecule has 7 nitrogen and oxygen atoms in total. The Kier molecular flexibility index (Phi) is 9.06. The second kappa shape index (κ2) is 12.2. The van der Waals surface area contributed by atoms with Gasteiger partial charge in [0.2, 0.25) is 0 Å². The van der Waals surface area contributed by atoms with Crippen molar-refractivity contribution in [2.75, 3.05) is 44.3 Å². The molecule has 174 valence electrons. The number of ether oxygens (including phenoxy) is 2. The van der Waals surface area contributed by atoms with Gasteiger partial charge in [0.1, 0.15) is 5.75 Å². The molecule has 32 heavy (non-hydrogen) atoms. The summed E-state index contributed by atoms with van der Waals surface area (Å²) in [5, 5.41) is 16.7. The highest BCUT2D eigenvalue weighted by Gasteiger charge is 2.12. The van der Waals surface area contributed by atoms with Crippen LogP contribution in [0.2, 0.25) is 0 Å². The molecular weight excluding hydrogens is 418 g/mol. The lowest BCUT2D eigenvalue weighted by molar-refractivity contribution is -0.0498.